The SMILES string of the molecule is Cn1cc(-c2nc3c(c(=O)[nH]2)CCCN3)cn1. The molecule has 2 aromatic rings. The lowest BCUT2D eigenvalue weighted by Crippen LogP contribution is -2.24. The van der Waals surface area contributed by atoms with Crippen molar-refractivity contribution >= 4 is 5.82 Å². The molecule has 1 aliphatic heterocycles. The van der Waals surface area contributed by atoms with Crippen LogP contribution in [0.25, 0.3) is 11.4 Å². The van der Waals surface area contributed by atoms with Gasteiger partial charge in [-0.2, -0.15) is 5.10 Å². The summed E-state index contributed by atoms with van der Waals surface area (Å²) in [6, 6.07) is 0. The van der Waals surface area contributed by atoms with E-state index < -0.39 is 0 Å². The first-order chi connectivity index (χ1) is 8.24. The fourth-order valence-corrected chi connectivity index (χ4v) is 2.03. The predicted octanol–water partition coefficient (Wildman–Crippen LogP) is 0.528. The number of hydrogen-bond acceptors (Lipinski definition) is 4. The summed E-state index contributed by atoms with van der Waals surface area (Å²) in [5, 5.41) is 7.23. The Morgan fingerprint density at radius 2 is 2.35 bits per heavy atom. The van der Waals surface area contributed by atoms with Gasteiger partial charge >= 0.3 is 0 Å². The van der Waals surface area contributed by atoms with Crippen LogP contribution in [-0.2, 0) is 13.5 Å². The van der Waals surface area contributed by atoms with Gasteiger partial charge in [-0.05, 0) is 12.8 Å². The van der Waals surface area contributed by atoms with Crippen molar-refractivity contribution in [2.75, 3.05) is 11.9 Å². The summed E-state index contributed by atoms with van der Waals surface area (Å²) in [7, 11) is 1.83. The molecule has 0 bridgehead atoms. The number of aromatic amines is 1. The van der Waals surface area contributed by atoms with Crippen molar-refractivity contribution in [2.24, 2.45) is 7.05 Å². The summed E-state index contributed by atoms with van der Waals surface area (Å²) in [6.07, 6.45) is 5.28. The van der Waals surface area contributed by atoms with Crippen molar-refractivity contribution in [1.29, 1.82) is 0 Å². The molecule has 0 spiro atoms. The minimum atomic E-state index is -0.0546. The second-order valence-electron chi connectivity index (χ2n) is 4.17. The molecule has 0 amide bonds. The van der Waals surface area contributed by atoms with Crippen molar-refractivity contribution in [3.63, 3.8) is 0 Å². The molecule has 0 aromatic carbocycles. The zero-order chi connectivity index (χ0) is 11.8. The van der Waals surface area contributed by atoms with Gasteiger partial charge in [-0.25, -0.2) is 4.98 Å². The molecule has 0 saturated carbocycles. The van der Waals surface area contributed by atoms with Crippen LogP contribution < -0.4 is 10.9 Å². The van der Waals surface area contributed by atoms with Crippen molar-refractivity contribution in [3.05, 3.63) is 28.3 Å². The number of nitrogens with zero attached hydrogens (tertiary/aromatic N) is 3. The number of rotatable bonds is 1. The van der Waals surface area contributed by atoms with E-state index in [0.29, 0.717) is 11.6 Å². The molecule has 3 rings (SSSR count). The van der Waals surface area contributed by atoms with Crippen LogP contribution in [-0.4, -0.2) is 26.3 Å². The first kappa shape index (κ1) is 10.1. The first-order valence-corrected chi connectivity index (χ1v) is 5.60. The maximum absolute atomic E-state index is 11.9. The van der Waals surface area contributed by atoms with Gasteiger partial charge in [-0.1, -0.05) is 0 Å². The van der Waals surface area contributed by atoms with Gasteiger partial charge in [0, 0.05) is 19.8 Å². The molecule has 1 aliphatic rings. The summed E-state index contributed by atoms with van der Waals surface area (Å²) < 4.78 is 1.68. The quantitative estimate of drug-likeness (QED) is 0.750. The Morgan fingerprint density at radius 1 is 1.47 bits per heavy atom. The number of anilines is 1. The van der Waals surface area contributed by atoms with E-state index in [1.165, 1.54) is 0 Å². The highest BCUT2D eigenvalue weighted by atomic mass is 16.1. The third kappa shape index (κ3) is 1.71. The Labute approximate surface area is 97.7 Å². The zero-order valence-electron chi connectivity index (χ0n) is 9.53. The van der Waals surface area contributed by atoms with Gasteiger partial charge in [-0.3, -0.25) is 9.48 Å². The molecule has 0 saturated heterocycles. The Morgan fingerprint density at radius 3 is 3.12 bits per heavy atom. The molecule has 0 atom stereocenters. The molecule has 6 nitrogen and oxygen atoms in total. The second kappa shape index (κ2) is 3.73. The van der Waals surface area contributed by atoms with Crippen LogP contribution in [0.1, 0.15) is 12.0 Å². The first-order valence-electron chi connectivity index (χ1n) is 5.60. The Bertz CT molecular complexity index is 613. The molecule has 2 N–H and O–H groups in total. The minimum absolute atomic E-state index is 0.0546. The van der Waals surface area contributed by atoms with E-state index in [-0.39, 0.29) is 5.56 Å². The van der Waals surface area contributed by atoms with E-state index in [1.807, 2.05) is 13.2 Å². The molecule has 88 valence electrons. The topological polar surface area (TPSA) is 75.6 Å². The van der Waals surface area contributed by atoms with E-state index in [0.717, 1.165) is 30.5 Å². The van der Waals surface area contributed by atoms with E-state index >= 15 is 0 Å². The lowest BCUT2D eigenvalue weighted by molar-refractivity contribution is 0.767. The number of fused-ring (bicyclic) bond motifs is 1. The number of H-pyrrole nitrogens is 1. The van der Waals surface area contributed by atoms with Gasteiger partial charge in [0.15, 0.2) is 0 Å². The van der Waals surface area contributed by atoms with Gasteiger partial charge in [0.1, 0.15) is 11.6 Å². The molecule has 3 heterocycles. The number of hydrogen-bond donors (Lipinski definition) is 2. The molecule has 0 radical (unpaired) electrons. The molecule has 0 fully saturated rings. The maximum atomic E-state index is 11.9. The predicted molar refractivity (Wildman–Crippen MR) is 63.9 cm³/mol. The van der Waals surface area contributed by atoms with Crippen LogP contribution >= 0.6 is 0 Å². The standard InChI is InChI=1S/C11H13N5O/c1-16-6-7(5-13-16)9-14-10-8(11(17)15-9)3-2-4-12-10/h5-6H,2-4H2,1H3,(H2,12,14,15,17). The third-order valence-corrected chi connectivity index (χ3v) is 2.89. The fraction of sp³-hybridized carbons (Fsp3) is 0.364. The highest BCUT2D eigenvalue weighted by molar-refractivity contribution is 5.57. The Balaban J connectivity index is 2.13. The monoisotopic (exact) mass is 231 g/mol. The van der Waals surface area contributed by atoms with Crippen LogP contribution in [0.15, 0.2) is 17.2 Å². The van der Waals surface area contributed by atoms with Crippen molar-refractivity contribution in [2.45, 2.75) is 12.8 Å². The second-order valence-corrected chi connectivity index (χ2v) is 4.17. The molecule has 17 heavy (non-hydrogen) atoms. The van der Waals surface area contributed by atoms with Gasteiger partial charge in [0.05, 0.1) is 17.3 Å². The molecule has 2 aromatic heterocycles. The average Bonchev–Trinajstić information content (AvgIpc) is 2.76. The zero-order valence-corrected chi connectivity index (χ0v) is 9.53. The van der Waals surface area contributed by atoms with Gasteiger partial charge in [-0.15, -0.1) is 0 Å². The van der Waals surface area contributed by atoms with Crippen molar-refractivity contribution in [3.8, 4) is 11.4 Å². The number of aryl methyl sites for hydroxylation is 1. The molecular weight excluding hydrogens is 218 g/mol. The average molecular weight is 231 g/mol. The molecule has 0 unspecified atom stereocenters. The third-order valence-electron chi connectivity index (χ3n) is 2.89. The van der Waals surface area contributed by atoms with Crippen LogP contribution in [0.4, 0.5) is 5.82 Å². The largest absolute Gasteiger partial charge is 0.370 e. The summed E-state index contributed by atoms with van der Waals surface area (Å²) in [5.74, 6) is 1.27. The van der Waals surface area contributed by atoms with E-state index in [1.54, 1.807) is 10.9 Å². The lowest BCUT2D eigenvalue weighted by Gasteiger charge is -2.16. The minimum Gasteiger partial charge on any atom is -0.370 e. The molecular formula is C11H13N5O. The van der Waals surface area contributed by atoms with Crippen LogP contribution in [0.3, 0.4) is 0 Å². The highest BCUT2D eigenvalue weighted by Gasteiger charge is 2.16. The van der Waals surface area contributed by atoms with Crippen LogP contribution in [0, 0.1) is 0 Å². The van der Waals surface area contributed by atoms with Gasteiger partial charge < -0.3 is 10.3 Å². The maximum Gasteiger partial charge on any atom is 0.256 e. The van der Waals surface area contributed by atoms with E-state index in [4.69, 9.17) is 0 Å². The van der Waals surface area contributed by atoms with Crippen LogP contribution in [0.5, 0.6) is 0 Å². The Kier molecular flexibility index (Phi) is 2.21. The smallest absolute Gasteiger partial charge is 0.256 e. The normalized spacial score (nSPS) is 14.2. The number of aromatic nitrogens is 4. The summed E-state index contributed by atoms with van der Waals surface area (Å²) in [6.45, 7) is 0.871. The van der Waals surface area contributed by atoms with Crippen molar-refractivity contribution < 1.29 is 0 Å². The highest BCUT2D eigenvalue weighted by Crippen LogP contribution is 2.19. The lowest BCUT2D eigenvalue weighted by atomic mass is 10.1. The summed E-state index contributed by atoms with van der Waals surface area (Å²) in [5.41, 5.74) is 1.52. The van der Waals surface area contributed by atoms with Gasteiger partial charge in [0.25, 0.3) is 5.56 Å². The summed E-state index contributed by atoms with van der Waals surface area (Å²) in [4.78, 5) is 19.1. The van der Waals surface area contributed by atoms with E-state index in [2.05, 4.69) is 20.4 Å². The van der Waals surface area contributed by atoms with Gasteiger partial charge in [0.2, 0.25) is 0 Å². The molecule has 6 heteroatoms. The molecule has 0 aliphatic carbocycles. The summed E-state index contributed by atoms with van der Waals surface area (Å²) >= 11 is 0. The fourth-order valence-electron chi connectivity index (χ4n) is 2.03. The van der Waals surface area contributed by atoms with Crippen LogP contribution in [0.2, 0.25) is 0 Å². The number of nitrogens with one attached hydrogen (secondary N) is 2. The van der Waals surface area contributed by atoms with E-state index in [9.17, 15) is 4.79 Å². The Hall–Kier alpha value is -2.11. The van der Waals surface area contributed by atoms with Crippen molar-refractivity contribution in [1.82, 2.24) is 19.7 Å².